The van der Waals surface area contributed by atoms with Gasteiger partial charge in [0.1, 0.15) is 11.0 Å². The Hall–Kier alpha value is -2.45. The number of carbonyl (C=O) groups excluding carboxylic acids is 1. The van der Waals surface area contributed by atoms with Crippen molar-refractivity contribution in [2.75, 3.05) is 56.6 Å². The summed E-state index contributed by atoms with van der Waals surface area (Å²) in [7, 11) is 4.01. The fourth-order valence-corrected chi connectivity index (χ4v) is 5.72. The third kappa shape index (κ3) is 4.70. The van der Waals surface area contributed by atoms with Crippen molar-refractivity contribution in [3.8, 4) is 0 Å². The Kier molecular flexibility index (Phi) is 6.88. The number of fused-ring (bicyclic) bond motifs is 1. The zero-order valence-electron chi connectivity index (χ0n) is 20.2. The van der Waals surface area contributed by atoms with Crippen LogP contribution < -0.4 is 9.80 Å². The van der Waals surface area contributed by atoms with Crippen LogP contribution in [0.15, 0.2) is 18.3 Å². The monoisotopic (exact) mass is 483 g/mol. The van der Waals surface area contributed by atoms with E-state index in [-0.39, 0.29) is 11.1 Å². The van der Waals surface area contributed by atoms with Crippen LogP contribution in [0.5, 0.6) is 0 Å². The minimum Gasteiger partial charge on any atom is -0.362 e. The highest BCUT2D eigenvalue weighted by Crippen LogP contribution is 2.30. The third-order valence-electron chi connectivity index (χ3n) is 7.42. The van der Waals surface area contributed by atoms with Crippen LogP contribution in [0.4, 0.5) is 11.8 Å². The molecule has 182 valence electrons. The first-order chi connectivity index (χ1) is 16.5. The Labute approximate surface area is 206 Å². The number of halogens is 1. The molecule has 4 heterocycles. The number of pyridine rings is 1. The van der Waals surface area contributed by atoms with Gasteiger partial charge in [0, 0.05) is 71.0 Å². The van der Waals surface area contributed by atoms with E-state index >= 15 is 0 Å². The molecular weight excluding hydrogens is 450 g/mol. The molecule has 0 spiro atoms. The van der Waals surface area contributed by atoms with E-state index in [4.69, 9.17) is 21.6 Å². The summed E-state index contributed by atoms with van der Waals surface area (Å²) in [6, 6.07) is 4.23. The number of hydrogen-bond donors (Lipinski definition) is 0. The van der Waals surface area contributed by atoms with Gasteiger partial charge in [-0.3, -0.25) is 9.69 Å². The maximum absolute atomic E-state index is 13.1. The zero-order chi connectivity index (χ0) is 23.7. The number of rotatable bonds is 4. The number of amides is 1. The van der Waals surface area contributed by atoms with Gasteiger partial charge in [-0.2, -0.15) is 4.98 Å². The lowest BCUT2D eigenvalue weighted by Crippen LogP contribution is -2.51. The van der Waals surface area contributed by atoms with Crippen molar-refractivity contribution >= 4 is 29.3 Å². The van der Waals surface area contributed by atoms with Crippen molar-refractivity contribution in [3.63, 3.8) is 0 Å². The van der Waals surface area contributed by atoms with E-state index in [1.807, 2.05) is 23.9 Å². The molecular formula is C25H34ClN7O. The van der Waals surface area contributed by atoms with E-state index in [0.29, 0.717) is 25.1 Å². The average molecular weight is 484 g/mol. The Morgan fingerprint density at radius 3 is 2.53 bits per heavy atom. The summed E-state index contributed by atoms with van der Waals surface area (Å²) >= 11 is 6.19. The van der Waals surface area contributed by atoms with Gasteiger partial charge >= 0.3 is 0 Å². The first kappa shape index (κ1) is 23.3. The van der Waals surface area contributed by atoms with E-state index in [1.165, 1.54) is 32.1 Å². The Balaban J connectivity index is 1.33. The van der Waals surface area contributed by atoms with Crippen LogP contribution in [0.25, 0.3) is 0 Å². The van der Waals surface area contributed by atoms with Crippen molar-refractivity contribution < 1.29 is 4.79 Å². The Bertz CT molecular complexity index is 1030. The first-order valence-corrected chi connectivity index (χ1v) is 12.8. The highest BCUT2D eigenvalue weighted by Gasteiger charge is 2.30. The fourth-order valence-electron chi connectivity index (χ4n) is 5.52. The zero-order valence-corrected chi connectivity index (χ0v) is 21.0. The summed E-state index contributed by atoms with van der Waals surface area (Å²) < 4.78 is 0. The SMILES string of the molecule is CN(C)c1nc(N2CCN(C3CCCCC3)CC2)nc2c1CN(C(=O)c1cccnc1Cl)CC2. The summed E-state index contributed by atoms with van der Waals surface area (Å²) in [5.41, 5.74) is 2.51. The van der Waals surface area contributed by atoms with E-state index < -0.39 is 0 Å². The van der Waals surface area contributed by atoms with Gasteiger partial charge in [-0.05, 0) is 25.0 Å². The molecule has 0 atom stereocenters. The van der Waals surface area contributed by atoms with Crippen LogP contribution >= 0.6 is 11.6 Å². The van der Waals surface area contributed by atoms with Gasteiger partial charge in [0.25, 0.3) is 5.91 Å². The molecule has 5 rings (SSSR count). The van der Waals surface area contributed by atoms with Gasteiger partial charge in [0.2, 0.25) is 5.95 Å². The molecule has 2 fully saturated rings. The predicted molar refractivity (Wildman–Crippen MR) is 135 cm³/mol. The average Bonchev–Trinajstić information content (AvgIpc) is 2.88. The molecule has 9 heteroatoms. The molecule has 1 aliphatic carbocycles. The molecule has 0 radical (unpaired) electrons. The van der Waals surface area contributed by atoms with Gasteiger partial charge in [-0.25, -0.2) is 9.97 Å². The van der Waals surface area contributed by atoms with Gasteiger partial charge in [-0.15, -0.1) is 0 Å². The normalized spacial score (nSPS) is 19.7. The summed E-state index contributed by atoms with van der Waals surface area (Å²) in [4.78, 5) is 36.0. The molecule has 1 saturated heterocycles. The molecule has 0 bridgehead atoms. The quantitative estimate of drug-likeness (QED) is 0.618. The van der Waals surface area contributed by atoms with Crippen molar-refractivity contribution in [2.45, 2.75) is 51.1 Å². The van der Waals surface area contributed by atoms with Crippen LogP contribution in [0, 0.1) is 0 Å². The Morgan fingerprint density at radius 1 is 1.06 bits per heavy atom. The van der Waals surface area contributed by atoms with Crippen molar-refractivity contribution in [1.29, 1.82) is 0 Å². The Morgan fingerprint density at radius 2 is 1.82 bits per heavy atom. The van der Waals surface area contributed by atoms with Crippen LogP contribution in [-0.2, 0) is 13.0 Å². The molecule has 0 unspecified atom stereocenters. The standard InChI is InChI=1S/C25H34ClN7O/c1-30(2)23-20-17-33(24(34)19-9-6-11-27-22(19)26)12-10-21(20)28-25(29-23)32-15-13-31(14-16-32)18-7-4-3-5-8-18/h6,9,11,18H,3-5,7-8,10,12-17H2,1-2H3. The summed E-state index contributed by atoms with van der Waals surface area (Å²) in [6.07, 6.45) is 9.13. The van der Waals surface area contributed by atoms with E-state index in [1.54, 1.807) is 18.3 Å². The fraction of sp³-hybridized carbons (Fsp3) is 0.600. The van der Waals surface area contributed by atoms with Gasteiger partial charge in [0.05, 0.1) is 17.8 Å². The molecule has 34 heavy (non-hydrogen) atoms. The van der Waals surface area contributed by atoms with E-state index in [0.717, 1.165) is 55.2 Å². The van der Waals surface area contributed by atoms with Crippen molar-refractivity contribution in [2.24, 2.45) is 0 Å². The number of hydrogen-bond acceptors (Lipinski definition) is 7. The van der Waals surface area contributed by atoms with Gasteiger partial charge < -0.3 is 14.7 Å². The van der Waals surface area contributed by atoms with E-state index in [9.17, 15) is 4.79 Å². The maximum Gasteiger partial charge on any atom is 0.257 e. The molecule has 0 aromatic carbocycles. The highest BCUT2D eigenvalue weighted by molar-refractivity contribution is 6.32. The smallest absolute Gasteiger partial charge is 0.257 e. The predicted octanol–water partition coefficient (Wildman–Crippen LogP) is 3.24. The lowest BCUT2D eigenvalue weighted by molar-refractivity contribution is 0.0733. The summed E-state index contributed by atoms with van der Waals surface area (Å²) in [6.45, 7) is 5.17. The van der Waals surface area contributed by atoms with Gasteiger partial charge in [0.15, 0.2) is 0 Å². The number of aromatic nitrogens is 3. The van der Waals surface area contributed by atoms with Crippen LogP contribution in [0.1, 0.15) is 53.7 Å². The maximum atomic E-state index is 13.1. The minimum absolute atomic E-state index is 0.101. The first-order valence-electron chi connectivity index (χ1n) is 12.5. The summed E-state index contributed by atoms with van der Waals surface area (Å²) in [5.74, 6) is 1.61. The number of anilines is 2. The van der Waals surface area contributed by atoms with Crippen LogP contribution in [0.2, 0.25) is 5.15 Å². The second-order valence-electron chi connectivity index (χ2n) is 9.80. The molecule has 1 amide bonds. The number of nitrogens with zero attached hydrogens (tertiary/aromatic N) is 7. The summed E-state index contributed by atoms with van der Waals surface area (Å²) in [5, 5.41) is 0.241. The van der Waals surface area contributed by atoms with Crippen molar-refractivity contribution in [1.82, 2.24) is 24.8 Å². The second kappa shape index (κ2) is 10.0. The largest absolute Gasteiger partial charge is 0.362 e. The lowest BCUT2D eigenvalue weighted by atomic mass is 9.94. The number of piperazine rings is 1. The van der Waals surface area contributed by atoms with Gasteiger partial charge in [-0.1, -0.05) is 30.9 Å². The van der Waals surface area contributed by atoms with Crippen LogP contribution in [0.3, 0.4) is 0 Å². The highest BCUT2D eigenvalue weighted by atomic mass is 35.5. The molecule has 0 N–H and O–H groups in total. The number of carbonyl (C=O) groups is 1. The van der Waals surface area contributed by atoms with Crippen LogP contribution in [-0.4, -0.2) is 83.5 Å². The molecule has 3 aliphatic rings. The second-order valence-corrected chi connectivity index (χ2v) is 10.2. The lowest BCUT2D eigenvalue weighted by Gasteiger charge is -2.41. The van der Waals surface area contributed by atoms with Crippen molar-refractivity contribution in [3.05, 3.63) is 40.3 Å². The van der Waals surface area contributed by atoms with E-state index in [2.05, 4.69) is 14.8 Å². The third-order valence-corrected chi connectivity index (χ3v) is 7.72. The molecule has 1 saturated carbocycles. The minimum atomic E-state index is -0.101. The molecule has 2 aromatic heterocycles. The topological polar surface area (TPSA) is 68.7 Å². The molecule has 8 nitrogen and oxygen atoms in total. The molecule has 2 aliphatic heterocycles. The molecule has 2 aromatic rings.